The van der Waals surface area contributed by atoms with Crippen LogP contribution in [0.4, 0.5) is 0 Å². The van der Waals surface area contributed by atoms with Crippen molar-refractivity contribution >= 4 is 17.2 Å². The molecule has 0 spiro atoms. The Balaban J connectivity index is 1.77. The van der Waals surface area contributed by atoms with Gasteiger partial charge < -0.3 is 4.90 Å². The number of hydrogen-bond acceptors (Lipinski definition) is 2. The van der Waals surface area contributed by atoms with Crippen LogP contribution < -0.4 is 0 Å². The highest BCUT2D eigenvalue weighted by molar-refractivity contribution is 7.14. The summed E-state index contributed by atoms with van der Waals surface area (Å²) >= 11 is 1.73. The molecule has 98 valence electrons. The van der Waals surface area contributed by atoms with Crippen molar-refractivity contribution in [3.05, 3.63) is 21.4 Å². The highest BCUT2D eigenvalue weighted by Crippen LogP contribution is 2.32. The number of carbonyl (C=O) groups excluding carboxylic acids is 1. The molecule has 0 unspecified atom stereocenters. The normalized spacial score (nSPS) is 27.3. The van der Waals surface area contributed by atoms with Gasteiger partial charge in [-0.2, -0.15) is 0 Å². The van der Waals surface area contributed by atoms with Crippen LogP contribution in [0.1, 0.15) is 46.8 Å². The van der Waals surface area contributed by atoms with Crippen molar-refractivity contribution in [1.29, 1.82) is 0 Å². The van der Waals surface area contributed by atoms with Gasteiger partial charge >= 0.3 is 0 Å². The lowest BCUT2D eigenvalue weighted by Gasteiger charge is -2.34. The van der Waals surface area contributed by atoms with Crippen LogP contribution in [-0.4, -0.2) is 23.9 Å². The molecule has 1 fully saturated rings. The van der Waals surface area contributed by atoms with E-state index in [1.807, 2.05) is 0 Å². The van der Waals surface area contributed by atoms with Crippen LogP contribution in [0.2, 0.25) is 0 Å². The van der Waals surface area contributed by atoms with E-state index < -0.39 is 0 Å². The average molecular weight is 263 g/mol. The van der Waals surface area contributed by atoms with E-state index >= 15 is 0 Å². The lowest BCUT2D eigenvalue weighted by Crippen LogP contribution is -2.42. The maximum absolute atomic E-state index is 12.5. The van der Waals surface area contributed by atoms with Crippen LogP contribution >= 0.6 is 11.3 Å². The third kappa shape index (κ3) is 2.20. The number of hydrogen-bond donors (Lipinski definition) is 0. The van der Waals surface area contributed by atoms with Crippen LogP contribution in [0, 0.1) is 11.8 Å². The van der Waals surface area contributed by atoms with Crippen LogP contribution in [0.5, 0.6) is 0 Å². The first-order valence-corrected chi connectivity index (χ1v) is 7.86. The lowest BCUT2D eigenvalue weighted by atomic mass is 9.92. The highest BCUT2D eigenvalue weighted by Gasteiger charge is 2.28. The van der Waals surface area contributed by atoms with Crippen LogP contribution in [0.15, 0.2) is 6.07 Å². The van der Waals surface area contributed by atoms with E-state index in [2.05, 4.69) is 24.8 Å². The summed E-state index contributed by atoms with van der Waals surface area (Å²) in [5.74, 6) is 1.56. The molecule has 18 heavy (non-hydrogen) atoms. The van der Waals surface area contributed by atoms with Gasteiger partial charge in [-0.15, -0.1) is 11.3 Å². The summed E-state index contributed by atoms with van der Waals surface area (Å²) in [5.41, 5.74) is 1.43. The molecule has 0 N–H and O–H groups in total. The number of nitrogens with zero attached hydrogens (tertiary/aromatic N) is 1. The second-order valence-corrected chi connectivity index (χ2v) is 7.21. The van der Waals surface area contributed by atoms with Gasteiger partial charge in [-0.05, 0) is 49.1 Å². The second-order valence-electron chi connectivity index (χ2n) is 6.07. The molecule has 1 amide bonds. The molecule has 1 aliphatic heterocycles. The van der Waals surface area contributed by atoms with Gasteiger partial charge in [0.25, 0.3) is 5.91 Å². The molecular weight excluding hydrogens is 242 g/mol. The zero-order valence-electron chi connectivity index (χ0n) is 11.2. The molecule has 0 aromatic carbocycles. The Kier molecular flexibility index (Phi) is 3.18. The van der Waals surface area contributed by atoms with Crippen molar-refractivity contribution in [3.8, 4) is 0 Å². The first-order chi connectivity index (χ1) is 8.63. The molecule has 2 heterocycles. The fourth-order valence-corrected chi connectivity index (χ4v) is 4.64. The quantitative estimate of drug-likeness (QED) is 0.761. The van der Waals surface area contributed by atoms with Crippen LogP contribution in [-0.2, 0) is 12.8 Å². The van der Waals surface area contributed by atoms with E-state index in [1.54, 1.807) is 11.3 Å². The third-order valence-corrected chi connectivity index (χ3v) is 5.34. The van der Waals surface area contributed by atoms with E-state index in [-0.39, 0.29) is 5.91 Å². The molecule has 1 saturated heterocycles. The molecule has 2 aliphatic rings. The van der Waals surface area contributed by atoms with Crippen molar-refractivity contribution < 1.29 is 4.79 Å². The van der Waals surface area contributed by atoms with Gasteiger partial charge in [-0.1, -0.05) is 13.8 Å². The van der Waals surface area contributed by atoms with Crippen molar-refractivity contribution in [2.24, 2.45) is 11.8 Å². The molecule has 3 rings (SSSR count). The van der Waals surface area contributed by atoms with E-state index in [4.69, 9.17) is 0 Å². The minimum atomic E-state index is 0.271. The fourth-order valence-electron chi connectivity index (χ4n) is 3.42. The topological polar surface area (TPSA) is 20.3 Å². The number of carbonyl (C=O) groups is 1. The number of amides is 1. The van der Waals surface area contributed by atoms with E-state index in [0.717, 1.165) is 18.0 Å². The van der Waals surface area contributed by atoms with Gasteiger partial charge in [-0.25, -0.2) is 0 Å². The number of fused-ring (bicyclic) bond motifs is 1. The first-order valence-electron chi connectivity index (χ1n) is 7.04. The minimum Gasteiger partial charge on any atom is -0.337 e. The summed E-state index contributed by atoms with van der Waals surface area (Å²) in [6.45, 7) is 6.38. The number of likely N-dealkylation sites (tertiary alicyclic amines) is 1. The third-order valence-electron chi connectivity index (χ3n) is 4.11. The van der Waals surface area contributed by atoms with Gasteiger partial charge in [0.05, 0.1) is 4.88 Å². The van der Waals surface area contributed by atoms with Gasteiger partial charge in [0.2, 0.25) is 0 Å². The minimum absolute atomic E-state index is 0.271. The zero-order valence-corrected chi connectivity index (χ0v) is 12.1. The monoisotopic (exact) mass is 263 g/mol. The largest absolute Gasteiger partial charge is 0.337 e. The Hall–Kier alpha value is -0.830. The van der Waals surface area contributed by atoms with Crippen LogP contribution in [0.25, 0.3) is 0 Å². The number of piperidine rings is 1. The fraction of sp³-hybridized carbons (Fsp3) is 0.667. The van der Waals surface area contributed by atoms with E-state index in [0.29, 0.717) is 11.8 Å². The summed E-state index contributed by atoms with van der Waals surface area (Å²) < 4.78 is 0. The predicted molar refractivity (Wildman–Crippen MR) is 75.2 cm³/mol. The Morgan fingerprint density at radius 3 is 2.67 bits per heavy atom. The summed E-state index contributed by atoms with van der Waals surface area (Å²) in [7, 11) is 0. The molecule has 1 aromatic heterocycles. The Morgan fingerprint density at radius 1 is 1.28 bits per heavy atom. The molecule has 2 atom stereocenters. The maximum Gasteiger partial charge on any atom is 0.263 e. The van der Waals surface area contributed by atoms with Crippen molar-refractivity contribution in [2.45, 2.75) is 39.5 Å². The number of aryl methyl sites for hydroxylation is 2. The Bertz CT molecular complexity index is 434. The highest BCUT2D eigenvalue weighted by atomic mass is 32.1. The Morgan fingerprint density at radius 2 is 2.00 bits per heavy atom. The van der Waals surface area contributed by atoms with E-state index in [1.165, 1.54) is 36.1 Å². The molecule has 0 bridgehead atoms. The maximum atomic E-state index is 12.5. The second kappa shape index (κ2) is 4.69. The number of rotatable bonds is 1. The standard InChI is InChI=1S/C15H21NOS/c1-10-6-11(2)9-16(8-10)15(17)14-7-12-4-3-5-13(12)18-14/h7,10-11H,3-6,8-9H2,1-2H3/t10-,11-/m1/s1. The average Bonchev–Trinajstić information content (AvgIpc) is 2.86. The van der Waals surface area contributed by atoms with Crippen LogP contribution in [0.3, 0.4) is 0 Å². The lowest BCUT2D eigenvalue weighted by molar-refractivity contribution is 0.0628. The molecule has 0 saturated carbocycles. The van der Waals surface area contributed by atoms with Crippen molar-refractivity contribution in [1.82, 2.24) is 4.90 Å². The zero-order chi connectivity index (χ0) is 12.7. The van der Waals surface area contributed by atoms with Gasteiger partial charge in [0.15, 0.2) is 0 Å². The van der Waals surface area contributed by atoms with Crippen molar-refractivity contribution in [3.63, 3.8) is 0 Å². The SMILES string of the molecule is C[C@@H]1C[C@@H](C)CN(C(=O)c2cc3c(s2)CCC3)C1. The molecule has 1 aliphatic carbocycles. The molecular formula is C15H21NOS. The molecule has 0 radical (unpaired) electrons. The number of thiophene rings is 1. The van der Waals surface area contributed by atoms with Crippen molar-refractivity contribution in [2.75, 3.05) is 13.1 Å². The summed E-state index contributed by atoms with van der Waals surface area (Å²) in [5, 5.41) is 0. The summed E-state index contributed by atoms with van der Waals surface area (Å²) in [6, 6.07) is 2.15. The summed E-state index contributed by atoms with van der Waals surface area (Å²) in [6.07, 6.45) is 4.88. The molecule has 3 heteroatoms. The smallest absolute Gasteiger partial charge is 0.263 e. The van der Waals surface area contributed by atoms with Gasteiger partial charge in [-0.3, -0.25) is 4.79 Å². The van der Waals surface area contributed by atoms with Gasteiger partial charge in [0, 0.05) is 18.0 Å². The first kappa shape index (κ1) is 12.2. The Labute approximate surface area is 113 Å². The predicted octanol–water partition coefficient (Wildman–Crippen LogP) is 3.35. The molecule has 1 aromatic rings. The summed E-state index contributed by atoms with van der Waals surface area (Å²) in [4.78, 5) is 17.0. The van der Waals surface area contributed by atoms with E-state index in [9.17, 15) is 4.79 Å². The molecule has 2 nitrogen and oxygen atoms in total. The van der Waals surface area contributed by atoms with Gasteiger partial charge in [0.1, 0.15) is 0 Å².